The Balaban J connectivity index is 1.88. The molecule has 1 aromatic rings. The van der Waals surface area contributed by atoms with Crippen LogP contribution in [0.4, 0.5) is 10.5 Å². The molecule has 1 rings (SSSR count). The highest BCUT2D eigenvalue weighted by molar-refractivity contribution is 5.70. The number of ether oxygens (including phenoxy) is 1. The maximum Gasteiger partial charge on any atom is 0.412 e. The van der Waals surface area contributed by atoms with Crippen LogP contribution in [0.25, 0.3) is 0 Å². The van der Waals surface area contributed by atoms with Gasteiger partial charge in [-0.15, -0.1) is 0 Å². The van der Waals surface area contributed by atoms with E-state index in [4.69, 9.17) is 4.74 Å². The van der Waals surface area contributed by atoms with E-state index in [-0.39, 0.29) is 5.69 Å². The molecule has 0 atom stereocenters. The fourth-order valence-corrected chi connectivity index (χ4v) is 3.34. The van der Waals surface area contributed by atoms with Crippen molar-refractivity contribution in [3.8, 4) is 5.75 Å². The van der Waals surface area contributed by atoms with Crippen molar-refractivity contribution in [2.24, 2.45) is 0 Å². The van der Waals surface area contributed by atoms with Gasteiger partial charge in [-0.2, -0.15) is 0 Å². The van der Waals surface area contributed by atoms with Gasteiger partial charge in [0.1, 0.15) is 5.75 Å². The van der Waals surface area contributed by atoms with Crippen molar-refractivity contribution in [1.29, 1.82) is 0 Å². The van der Waals surface area contributed by atoms with E-state index in [1.807, 2.05) is 0 Å². The summed E-state index contributed by atoms with van der Waals surface area (Å²) in [5.74, 6) is 0.295. The number of benzene rings is 1. The maximum absolute atomic E-state index is 11.7. The SMILES string of the molecule is CCCCCCCC/C=C\CCCCCCCCNC(=O)Oc1ccc([N+](=O)[O-])cc1. The second-order valence-corrected chi connectivity index (χ2v) is 8.01. The van der Waals surface area contributed by atoms with Gasteiger partial charge in [0.15, 0.2) is 0 Å². The normalized spacial score (nSPS) is 11.0. The Morgan fingerprint density at radius 1 is 0.871 bits per heavy atom. The molecule has 0 saturated heterocycles. The quantitative estimate of drug-likeness (QED) is 0.111. The van der Waals surface area contributed by atoms with Crippen LogP contribution in [0.2, 0.25) is 0 Å². The zero-order chi connectivity index (χ0) is 22.6. The summed E-state index contributed by atoms with van der Waals surface area (Å²) in [6, 6.07) is 5.46. The lowest BCUT2D eigenvalue weighted by Gasteiger charge is -2.06. The predicted octanol–water partition coefficient (Wildman–Crippen LogP) is 7.72. The van der Waals surface area contributed by atoms with Crippen molar-refractivity contribution in [1.82, 2.24) is 5.32 Å². The average molecular weight is 433 g/mol. The number of allylic oxidation sites excluding steroid dienone is 2. The molecule has 0 fully saturated rings. The first-order chi connectivity index (χ1) is 15.1. The third kappa shape index (κ3) is 15.1. The summed E-state index contributed by atoms with van der Waals surface area (Å²) in [6.07, 6.45) is 21.7. The fraction of sp³-hybridized carbons (Fsp3) is 0.640. The minimum absolute atomic E-state index is 0.0306. The van der Waals surface area contributed by atoms with Gasteiger partial charge < -0.3 is 10.1 Å². The summed E-state index contributed by atoms with van der Waals surface area (Å²) in [7, 11) is 0. The van der Waals surface area contributed by atoms with Gasteiger partial charge in [0.25, 0.3) is 5.69 Å². The molecule has 0 radical (unpaired) electrons. The maximum atomic E-state index is 11.7. The van der Waals surface area contributed by atoms with Crippen molar-refractivity contribution in [3.05, 3.63) is 46.5 Å². The van der Waals surface area contributed by atoms with Crippen LogP contribution in [0.3, 0.4) is 0 Å². The number of nitro benzene ring substituents is 1. The van der Waals surface area contributed by atoms with E-state index in [2.05, 4.69) is 24.4 Å². The van der Waals surface area contributed by atoms with Gasteiger partial charge in [0.2, 0.25) is 0 Å². The van der Waals surface area contributed by atoms with Crippen molar-refractivity contribution < 1.29 is 14.5 Å². The van der Waals surface area contributed by atoms with Crippen LogP contribution in [0.1, 0.15) is 96.8 Å². The lowest BCUT2D eigenvalue weighted by molar-refractivity contribution is -0.384. The van der Waals surface area contributed by atoms with Crippen LogP contribution >= 0.6 is 0 Å². The number of nitro groups is 1. The highest BCUT2D eigenvalue weighted by Gasteiger charge is 2.07. The average Bonchev–Trinajstić information content (AvgIpc) is 2.76. The van der Waals surface area contributed by atoms with Gasteiger partial charge >= 0.3 is 6.09 Å². The highest BCUT2D eigenvalue weighted by Crippen LogP contribution is 2.17. The van der Waals surface area contributed by atoms with Crippen LogP contribution in [0.5, 0.6) is 5.75 Å². The van der Waals surface area contributed by atoms with Crippen molar-refractivity contribution in [3.63, 3.8) is 0 Å². The number of amides is 1. The molecule has 1 amide bonds. The number of hydrogen-bond donors (Lipinski definition) is 1. The first kappa shape index (κ1) is 26.7. The molecule has 0 aliphatic carbocycles. The summed E-state index contributed by atoms with van der Waals surface area (Å²) >= 11 is 0. The zero-order valence-electron chi connectivity index (χ0n) is 19.2. The Labute approximate surface area is 187 Å². The molecule has 0 aromatic heterocycles. The van der Waals surface area contributed by atoms with Gasteiger partial charge in [-0.25, -0.2) is 4.79 Å². The molecule has 6 nitrogen and oxygen atoms in total. The molecular weight excluding hydrogens is 392 g/mol. The monoisotopic (exact) mass is 432 g/mol. The lowest BCUT2D eigenvalue weighted by atomic mass is 10.1. The molecule has 0 aliphatic rings. The second-order valence-electron chi connectivity index (χ2n) is 8.01. The number of rotatable bonds is 18. The number of non-ortho nitro benzene ring substituents is 1. The van der Waals surface area contributed by atoms with E-state index in [0.29, 0.717) is 12.3 Å². The first-order valence-corrected chi connectivity index (χ1v) is 12.0. The largest absolute Gasteiger partial charge is 0.412 e. The van der Waals surface area contributed by atoms with Crippen LogP contribution in [0.15, 0.2) is 36.4 Å². The summed E-state index contributed by atoms with van der Waals surface area (Å²) in [5, 5.41) is 13.3. The molecule has 0 bridgehead atoms. The Kier molecular flexibility index (Phi) is 15.8. The second kappa shape index (κ2) is 18.4. The van der Waals surface area contributed by atoms with Crippen LogP contribution < -0.4 is 10.1 Å². The third-order valence-corrected chi connectivity index (χ3v) is 5.22. The Morgan fingerprint density at radius 2 is 1.39 bits per heavy atom. The van der Waals surface area contributed by atoms with Gasteiger partial charge in [-0.3, -0.25) is 10.1 Å². The van der Waals surface area contributed by atoms with Crippen molar-refractivity contribution in [2.75, 3.05) is 6.54 Å². The van der Waals surface area contributed by atoms with Gasteiger partial charge in [-0.05, 0) is 44.2 Å². The molecular formula is C25H40N2O4. The molecule has 31 heavy (non-hydrogen) atoms. The minimum Gasteiger partial charge on any atom is -0.410 e. The topological polar surface area (TPSA) is 81.5 Å². The Bertz CT molecular complexity index is 629. The molecule has 0 spiro atoms. The molecule has 0 heterocycles. The fourth-order valence-electron chi connectivity index (χ4n) is 3.34. The Hall–Kier alpha value is -2.37. The summed E-state index contributed by atoms with van der Waals surface area (Å²) < 4.78 is 5.10. The van der Waals surface area contributed by atoms with Crippen molar-refractivity contribution in [2.45, 2.75) is 96.8 Å². The Morgan fingerprint density at radius 3 is 1.94 bits per heavy atom. The number of hydrogen-bond acceptors (Lipinski definition) is 4. The molecule has 0 saturated carbocycles. The molecule has 1 N–H and O–H groups in total. The van der Waals surface area contributed by atoms with E-state index in [1.165, 1.54) is 101 Å². The summed E-state index contributed by atoms with van der Waals surface area (Å²) in [6.45, 7) is 2.83. The number of nitrogens with zero attached hydrogens (tertiary/aromatic N) is 1. The standard InChI is InChI=1S/C25H40N2O4/c1-2-3-4-5-6-7-8-9-10-11-12-13-14-15-16-17-22-26-25(28)31-24-20-18-23(19-21-24)27(29)30/h9-10,18-21H,2-8,11-17,22H2,1H3,(H,26,28)/b10-9-. The lowest BCUT2D eigenvalue weighted by Crippen LogP contribution is -2.27. The zero-order valence-corrected chi connectivity index (χ0v) is 19.2. The molecule has 0 aliphatic heterocycles. The number of carbonyl (C=O) groups is 1. The van der Waals surface area contributed by atoms with E-state index in [0.717, 1.165) is 12.8 Å². The number of nitrogens with one attached hydrogen (secondary N) is 1. The molecule has 174 valence electrons. The number of unbranched alkanes of at least 4 members (excludes halogenated alkanes) is 12. The van der Waals surface area contributed by atoms with E-state index < -0.39 is 11.0 Å². The summed E-state index contributed by atoms with van der Waals surface area (Å²) in [5.41, 5.74) is -0.0306. The van der Waals surface area contributed by atoms with E-state index in [9.17, 15) is 14.9 Å². The van der Waals surface area contributed by atoms with Crippen LogP contribution in [0, 0.1) is 10.1 Å². The third-order valence-electron chi connectivity index (χ3n) is 5.22. The summed E-state index contributed by atoms with van der Waals surface area (Å²) in [4.78, 5) is 21.8. The highest BCUT2D eigenvalue weighted by atomic mass is 16.6. The van der Waals surface area contributed by atoms with Crippen molar-refractivity contribution >= 4 is 11.8 Å². The predicted molar refractivity (Wildman–Crippen MR) is 127 cm³/mol. The van der Waals surface area contributed by atoms with Gasteiger partial charge in [-0.1, -0.05) is 76.9 Å². The minimum atomic E-state index is -0.526. The van der Waals surface area contributed by atoms with Crippen LogP contribution in [-0.4, -0.2) is 17.6 Å². The molecule has 0 unspecified atom stereocenters. The van der Waals surface area contributed by atoms with E-state index in [1.54, 1.807) is 0 Å². The molecule has 1 aromatic carbocycles. The van der Waals surface area contributed by atoms with Gasteiger partial charge in [0, 0.05) is 18.7 Å². The van der Waals surface area contributed by atoms with E-state index >= 15 is 0 Å². The number of carbonyl (C=O) groups excluding carboxylic acids is 1. The van der Waals surface area contributed by atoms with Crippen LogP contribution in [-0.2, 0) is 0 Å². The first-order valence-electron chi connectivity index (χ1n) is 12.0. The smallest absolute Gasteiger partial charge is 0.410 e. The molecule has 6 heteroatoms. The van der Waals surface area contributed by atoms with Gasteiger partial charge in [0.05, 0.1) is 4.92 Å².